The van der Waals surface area contributed by atoms with Crippen LogP contribution in [-0.2, 0) is 28.7 Å². The van der Waals surface area contributed by atoms with Crippen molar-refractivity contribution in [2.45, 2.75) is 63.4 Å². The smallest absolute Gasteiger partial charge is 0.313 e. The molecule has 5 bridgehead atoms. The highest BCUT2D eigenvalue weighted by Crippen LogP contribution is 2.58. The van der Waals surface area contributed by atoms with Gasteiger partial charge < -0.3 is 29.7 Å². The minimum Gasteiger partial charge on any atom is -0.460 e. The Morgan fingerprint density at radius 2 is 1.97 bits per heavy atom. The van der Waals surface area contributed by atoms with E-state index in [1.54, 1.807) is 17.9 Å². The zero-order valence-corrected chi connectivity index (χ0v) is 22.2. The van der Waals surface area contributed by atoms with Gasteiger partial charge in [0.15, 0.2) is 0 Å². The van der Waals surface area contributed by atoms with E-state index in [-0.39, 0.29) is 37.9 Å². The maximum Gasteiger partial charge on any atom is 0.313 e. The van der Waals surface area contributed by atoms with E-state index >= 15 is 0 Å². The van der Waals surface area contributed by atoms with Gasteiger partial charge in [-0.25, -0.2) is 0 Å². The maximum absolute atomic E-state index is 14.1. The van der Waals surface area contributed by atoms with E-state index in [9.17, 15) is 24.3 Å². The lowest BCUT2D eigenvalue weighted by Gasteiger charge is -2.35. The number of nitrogens with one attached hydrogen (secondary N) is 1. The van der Waals surface area contributed by atoms with Gasteiger partial charge in [-0.05, 0) is 25.8 Å². The lowest BCUT2D eigenvalue weighted by atomic mass is 9.74. The molecule has 0 unspecified atom stereocenters. The topological polar surface area (TPSA) is 125 Å². The normalized spacial score (nSPS) is 36.0. The number of β-amino-alcohol motifs (C(OH)–C–C–N with tert-alkyl or cyclic N) is 1. The average molecular weight is 568 g/mol. The summed E-state index contributed by atoms with van der Waals surface area (Å²) in [5.74, 6) is -3.37. The van der Waals surface area contributed by atoms with Gasteiger partial charge in [-0.1, -0.05) is 41.4 Å². The summed E-state index contributed by atoms with van der Waals surface area (Å²) in [7, 11) is 0. The van der Waals surface area contributed by atoms with Gasteiger partial charge in [-0.2, -0.15) is 0 Å². The molecule has 3 amide bonds. The number of aliphatic hydroxyl groups is 1. The molecule has 11 heteroatoms. The number of rotatable bonds is 5. The third-order valence-electron chi connectivity index (χ3n) is 7.30. The molecule has 4 heterocycles. The molecule has 1 spiro atoms. The van der Waals surface area contributed by atoms with Crippen molar-refractivity contribution in [1.29, 1.82) is 0 Å². The van der Waals surface area contributed by atoms with Crippen LogP contribution in [0, 0.1) is 11.8 Å². The molecule has 0 radical (unpaired) electrons. The molecule has 198 valence electrons. The number of hydrogen-bond donors (Lipinski definition) is 2. The molecule has 4 aliphatic heterocycles. The Labute approximate surface area is 219 Å². The maximum atomic E-state index is 14.1. The predicted octanol–water partition coefficient (Wildman–Crippen LogP) is 0.879. The van der Waals surface area contributed by atoms with E-state index in [0.29, 0.717) is 24.0 Å². The van der Waals surface area contributed by atoms with E-state index in [2.05, 4.69) is 21.2 Å². The first kappa shape index (κ1) is 26.8. The third kappa shape index (κ3) is 4.72. The van der Waals surface area contributed by atoms with Crippen molar-refractivity contribution < 1.29 is 33.8 Å². The molecule has 4 aliphatic rings. The van der Waals surface area contributed by atoms with Gasteiger partial charge >= 0.3 is 5.97 Å². The number of allylic oxidation sites excluding steroid dienone is 1. The molecule has 0 aliphatic carbocycles. The summed E-state index contributed by atoms with van der Waals surface area (Å²) in [6, 6.07) is -1.01. The number of unbranched alkanes of at least 4 members (excludes halogenated alkanes) is 1. The average Bonchev–Trinajstić information content (AvgIpc) is 3.42. The van der Waals surface area contributed by atoms with Gasteiger partial charge in [0.05, 0.1) is 19.1 Å². The Balaban J connectivity index is 1.76. The van der Waals surface area contributed by atoms with Crippen LogP contribution in [0.4, 0.5) is 0 Å². The highest BCUT2D eigenvalue weighted by atomic mass is 79.9. The summed E-state index contributed by atoms with van der Waals surface area (Å²) >= 11 is 3.49. The van der Waals surface area contributed by atoms with Gasteiger partial charge in [-0.15, -0.1) is 0 Å². The minimum atomic E-state index is -1.34. The van der Waals surface area contributed by atoms with E-state index in [1.165, 1.54) is 4.90 Å². The fourth-order valence-electron chi connectivity index (χ4n) is 5.63. The van der Waals surface area contributed by atoms with E-state index in [0.717, 1.165) is 12.8 Å². The monoisotopic (exact) mass is 567 g/mol. The zero-order chi connectivity index (χ0) is 26.0. The lowest BCUT2D eigenvalue weighted by Crippen LogP contribution is -2.56. The van der Waals surface area contributed by atoms with Crippen LogP contribution in [-0.4, -0.2) is 95.2 Å². The molecular weight excluding hydrogens is 534 g/mol. The molecule has 0 aromatic carbocycles. The number of esters is 1. The highest BCUT2D eigenvalue weighted by Gasteiger charge is 2.74. The summed E-state index contributed by atoms with van der Waals surface area (Å²) < 4.78 is 12.6. The zero-order valence-electron chi connectivity index (χ0n) is 20.7. The summed E-state index contributed by atoms with van der Waals surface area (Å²) in [6.45, 7) is 4.28. The Morgan fingerprint density at radius 1 is 1.19 bits per heavy atom. The first-order valence-electron chi connectivity index (χ1n) is 12.6. The number of aliphatic hydroxyl groups excluding tert-OH is 1. The first-order chi connectivity index (χ1) is 17.2. The van der Waals surface area contributed by atoms with Crippen molar-refractivity contribution in [1.82, 2.24) is 15.1 Å². The molecule has 0 aromatic rings. The Hall–Kier alpha value is -2.24. The molecule has 0 aromatic heterocycles. The number of likely N-dealkylation sites (tertiary alicyclic amines) is 1. The highest BCUT2D eigenvalue weighted by molar-refractivity contribution is 9.11. The fraction of sp³-hybridized carbons (Fsp3) is 0.680. The molecule has 4 rings (SSSR count). The Morgan fingerprint density at radius 3 is 2.69 bits per heavy atom. The van der Waals surface area contributed by atoms with Gasteiger partial charge in [0.2, 0.25) is 17.7 Å². The second-order valence-electron chi connectivity index (χ2n) is 9.78. The fourth-order valence-corrected chi connectivity index (χ4v) is 6.36. The second-order valence-corrected chi connectivity index (χ2v) is 10.7. The Bertz CT molecular complexity index is 969. The number of ether oxygens (including phenoxy) is 2. The van der Waals surface area contributed by atoms with Gasteiger partial charge in [0.25, 0.3) is 0 Å². The van der Waals surface area contributed by atoms with Gasteiger partial charge in [0, 0.05) is 30.5 Å². The number of hydrogen-bond acceptors (Lipinski definition) is 7. The van der Waals surface area contributed by atoms with E-state index in [1.807, 2.05) is 19.1 Å². The van der Waals surface area contributed by atoms with Crippen molar-refractivity contribution >= 4 is 39.6 Å². The molecule has 2 fully saturated rings. The molecule has 2 saturated heterocycles. The van der Waals surface area contributed by atoms with Gasteiger partial charge in [0.1, 0.15) is 29.8 Å². The van der Waals surface area contributed by atoms with Crippen LogP contribution in [0.15, 0.2) is 22.7 Å². The molecule has 10 nitrogen and oxygen atoms in total. The number of cyclic esters (lactones) is 1. The molecule has 6 atom stereocenters. The van der Waals surface area contributed by atoms with E-state index < -0.39 is 47.6 Å². The molecular formula is C25H34BrN3O7. The standard InChI is InChI=1S/C25H34BrN3O7/c1-3-4-9-28-10-7-5-6-8-17(31)27-14-15(2)35-24(34)18-19-22(32)29(11-12-30)21(23(28)33)25(19)13-16(26)20(18)36-25/h5,7,13,15,18-21,30H,3-4,6,8-12,14H2,1-2H3,(H,27,31)/b7-5-/t15-,18+,19-,20+,21+,25-/m0/s1. The number of amides is 3. The third-order valence-corrected chi connectivity index (χ3v) is 7.98. The van der Waals surface area contributed by atoms with Crippen LogP contribution in [0.1, 0.15) is 39.5 Å². The number of carbonyl (C=O) groups excluding carboxylic acids is 4. The van der Waals surface area contributed by atoms with Crippen LogP contribution >= 0.6 is 15.9 Å². The summed E-state index contributed by atoms with van der Waals surface area (Å²) in [5.41, 5.74) is -1.34. The summed E-state index contributed by atoms with van der Waals surface area (Å²) in [5, 5.41) is 12.5. The van der Waals surface area contributed by atoms with Crippen molar-refractivity contribution in [3.63, 3.8) is 0 Å². The molecule has 36 heavy (non-hydrogen) atoms. The minimum absolute atomic E-state index is 0.0470. The number of carbonyl (C=O) groups is 4. The predicted molar refractivity (Wildman–Crippen MR) is 133 cm³/mol. The van der Waals surface area contributed by atoms with Crippen LogP contribution in [0.2, 0.25) is 0 Å². The second kappa shape index (κ2) is 11.0. The van der Waals surface area contributed by atoms with Crippen LogP contribution in [0.5, 0.6) is 0 Å². The SMILES string of the molecule is CCCCN1C/C=C\CCC(=O)NC[C@H](C)OC(=O)[C@H]2[C@@H]3O[C@@]4(C=C3Br)[C@@H]2C(=O)N(CCO)[C@@H]4C1=O. The summed E-state index contributed by atoms with van der Waals surface area (Å²) in [6.07, 6.45) is 6.54. The van der Waals surface area contributed by atoms with Crippen molar-refractivity contribution in [2.75, 3.05) is 32.8 Å². The lowest BCUT2D eigenvalue weighted by molar-refractivity contribution is -0.158. The van der Waals surface area contributed by atoms with Crippen LogP contribution in [0.25, 0.3) is 0 Å². The quantitative estimate of drug-likeness (QED) is 0.373. The number of halogens is 1. The van der Waals surface area contributed by atoms with Gasteiger partial charge in [-0.3, -0.25) is 19.2 Å². The van der Waals surface area contributed by atoms with E-state index in [4.69, 9.17) is 9.47 Å². The molecule has 2 N–H and O–H groups in total. The molecule has 0 saturated carbocycles. The largest absolute Gasteiger partial charge is 0.460 e. The number of fused-ring (bicyclic) bond motifs is 2. The van der Waals surface area contributed by atoms with Crippen LogP contribution in [0.3, 0.4) is 0 Å². The summed E-state index contributed by atoms with van der Waals surface area (Å²) in [4.78, 5) is 56.3. The van der Waals surface area contributed by atoms with Crippen LogP contribution < -0.4 is 5.32 Å². The van der Waals surface area contributed by atoms with Crippen molar-refractivity contribution in [2.24, 2.45) is 11.8 Å². The Kier molecular flexibility index (Phi) is 8.21. The van der Waals surface area contributed by atoms with Crippen molar-refractivity contribution in [3.8, 4) is 0 Å². The first-order valence-corrected chi connectivity index (χ1v) is 13.4. The number of nitrogens with zero attached hydrogens (tertiary/aromatic N) is 2. The van der Waals surface area contributed by atoms with Crippen molar-refractivity contribution in [3.05, 3.63) is 22.7 Å².